The van der Waals surface area contributed by atoms with E-state index in [0.29, 0.717) is 5.69 Å². The molecule has 2 rings (SSSR count). The van der Waals surface area contributed by atoms with E-state index in [1.807, 2.05) is 0 Å². The Hall–Kier alpha value is -0.860. The molecule has 1 aromatic rings. The molecular weight excluding hydrogens is 292 g/mol. The highest BCUT2D eigenvalue weighted by Gasteiger charge is 2.22. The number of thioether (sulfide) groups is 3. The summed E-state index contributed by atoms with van der Waals surface area (Å²) in [5.74, 6) is -0.0563. The highest BCUT2D eigenvalue weighted by Crippen LogP contribution is 2.36. The fourth-order valence-corrected chi connectivity index (χ4v) is 5.77. The van der Waals surface area contributed by atoms with E-state index in [4.69, 9.17) is 0 Å². The third-order valence-electron chi connectivity index (χ3n) is 2.17. The van der Waals surface area contributed by atoms with Crippen LogP contribution in [0.4, 0.5) is 11.4 Å². The first-order valence-corrected chi connectivity index (χ1v) is 8.28. The fourth-order valence-electron chi connectivity index (χ4n) is 1.32. The second-order valence-electron chi connectivity index (χ2n) is 3.40. The number of carbonyl (C=O) groups is 1. The van der Waals surface area contributed by atoms with E-state index in [0.717, 1.165) is 10.2 Å². The molecule has 0 bridgehead atoms. The molecule has 0 aromatic heterocycles. The van der Waals surface area contributed by atoms with Gasteiger partial charge in [-0.05, 0) is 12.1 Å². The molecule has 1 amide bonds. The molecule has 0 radical (unpaired) electrons. The smallest absolute Gasteiger partial charge is 0.269 e. The molecule has 0 spiro atoms. The minimum Gasteiger partial charge on any atom is -0.324 e. The first-order chi connectivity index (χ1) is 8.66. The molecule has 1 saturated heterocycles. The molecule has 0 atom stereocenters. The van der Waals surface area contributed by atoms with Crippen molar-refractivity contribution in [2.75, 3.05) is 15.5 Å². The number of carbonyl (C=O) groups excluding carboxylic acids is 1. The van der Waals surface area contributed by atoms with Gasteiger partial charge in [0.25, 0.3) is 5.69 Å². The molecule has 1 heterocycles. The van der Waals surface area contributed by atoms with Crippen LogP contribution in [0.15, 0.2) is 24.3 Å². The zero-order valence-corrected chi connectivity index (χ0v) is 11.6. The monoisotopic (exact) mass is 302 g/mol. The number of hydrogen-bond donors (Lipinski definition) is 1. The number of rotatable bonds is 3. The summed E-state index contributed by atoms with van der Waals surface area (Å²) in [5, 5.41) is 15.1. The summed E-state index contributed by atoms with van der Waals surface area (Å²) in [6, 6.07) is 5.85. The van der Waals surface area contributed by atoms with Gasteiger partial charge in [0.1, 0.15) is 4.58 Å². The van der Waals surface area contributed by atoms with Gasteiger partial charge in [0.2, 0.25) is 5.91 Å². The van der Waals surface area contributed by atoms with Gasteiger partial charge >= 0.3 is 0 Å². The molecular formula is C10H10N2O3S3. The predicted octanol–water partition coefficient (Wildman–Crippen LogP) is 2.99. The number of nitrogens with one attached hydrogen (secondary N) is 1. The summed E-state index contributed by atoms with van der Waals surface area (Å²) in [4.78, 5) is 21.9. The van der Waals surface area contributed by atoms with Gasteiger partial charge in [-0.15, -0.1) is 35.3 Å². The fraction of sp³-hybridized carbons (Fsp3) is 0.300. The Bertz CT molecular complexity index is 446. The third kappa shape index (κ3) is 3.56. The lowest BCUT2D eigenvalue weighted by Crippen LogP contribution is -2.24. The lowest BCUT2D eigenvalue weighted by Gasteiger charge is -2.19. The first kappa shape index (κ1) is 13.6. The zero-order chi connectivity index (χ0) is 13.0. The van der Waals surface area contributed by atoms with Crippen LogP contribution in [0.2, 0.25) is 0 Å². The normalized spacial score (nSPS) is 16.2. The highest BCUT2D eigenvalue weighted by atomic mass is 32.3. The summed E-state index contributed by atoms with van der Waals surface area (Å²) >= 11 is 5.01. The van der Waals surface area contributed by atoms with Crippen LogP contribution in [-0.2, 0) is 4.79 Å². The average Bonchev–Trinajstić information content (AvgIpc) is 2.40. The Labute approximate surface area is 117 Å². The average molecular weight is 302 g/mol. The van der Waals surface area contributed by atoms with Crippen LogP contribution < -0.4 is 5.32 Å². The number of nitro groups is 1. The van der Waals surface area contributed by atoms with Gasteiger partial charge < -0.3 is 5.32 Å². The van der Waals surface area contributed by atoms with Gasteiger partial charge in [-0.25, -0.2) is 0 Å². The van der Waals surface area contributed by atoms with E-state index < -0.39 is 4.92 Å². The van der Waals surface area contributed by atoms with Crippen molar-refractivity contribution in [1.82, 2.24) is 0 Å². The minimum absolute atomic E-state index is 0.0193. The van der Waals surface area contributed by atoms with Crippen molar-refractivity contribution < 1.29 is 9.72 Å². The molecule has 18 heavy (non-hydrogen) atoms. The first-order valence-electron chi connectivity index (χ1n) is 5.03. The predicted molar refractivity (Wildman–Crippen MR) is 78.0 cm³/mol. The van der Waals surface area contributed by atoms with Crippen LogP contribution in [0.3, 0.4) is 0 Å². The Balaban J connectivity index is 1.96. The Morgan fingerprint density at radius 2 is 1.89 bits per heavy atom. The molecule has 0 unspecified atom stereocenters. The maximum Gasteiger partial charge on any atom is 0.269 e. The van der Waals surface area contributed by atoms with E-state index in [9.17, 15) is 14.9 Å². The van der Waals surface area contributed by atoms with E-state index in [1.165, 1.54) is 12.1 Å². The largest absolute Gasteiger partial charge is 0.324 e. The quantitative estimate of drug-likeness (QED) is 0.683. The summed E-state index contributed by atoms with van der Waals surface area (Å²) in [6.45, 7) is 0. The van der Waals surface area contributed by atoms with Crippen LogP contribution in [0.1, 0.15) is 0 Å². The molecule has 0 saturated carbocycles. The molecule has 8 heteroatoms. The Morgan fingerprint density at radius 3 is 2.44 bits per heavy atom. The molecule has 1 aliphatic rings. The molecule has 96 valence electrons. The lowest BCUT2D eigenvalue weighted by atomic mass is 10.3. The summed E-state index contributed by atoms with van der Waals surface area (Å²) < 4.78 is -0.0959. The van der Waals surface area contributed by atoms with Crippen LogP contribution in [-0.4, -0.2) is 25.6 Å². The highest BCUT2D eigenvalue weighted by molar-refractivity contribution is 8.33. The number of hydrogen-bond acceptors (Lipinski definition) is 6. The number of nitro benzene ring substituents is 1. The van der Waals surface area contributed by atoms with E-state index in [-0.39, 0.29) is 16.2 Å². The molecule has 1 aliphatic heterocycles. The van der Waals surface area contributed by atoms with Crippen molar-refractivity contribution >= 4 is 52.6 Å². The molecule has 1 N–H and O–H groups in total. The third-order valence-corrected chi connectivity index (χ3v) is 6.44. The SMILES string of the molecule is O=C(Nc1ccc([N+](=O)[O-])cc1)C1SCSCS1. The number of amides is 1. The van der Waals surface area contributed by atoms with Crippen LogP contribution in [0.25, 0.3) is 0 Å². The minimum atomic E-state index is -0.463. The number of benzene rings is 1. The molecule has 1 aromatic carbocycles. The second kappa shape index (κ2) is 6.35. The Kier molecular flexibility index (Phi) is 4.79. The Morgan fingerprint density at radius 1 is 1.28 bits per heavy atom. The lowest BCUT2D eigenvalue weighted by molar-refractivity contribution is -0.384. The zero-order valence-electron chi connectivity index (χ0n) is 9.20. The molecule has 0 aliphatic carbocycles. The second-order valence-corrected chi connectivity index (χ2v) is 7.60. The number of anilines is 1. The van der Waals surface area contributed by atoms with Crippen molar-refractivity contribution in [1.29, 1.82) is 0 Å². The molecule has 5 nitrogen and oxygen atoms in total. The van der Waals surface area contributed by atoms with Crippen molar-refractivity contribution in [2.45, 2.75) is 4.58 Å². The van der Waals surface area contributed by atoms with Gasteiger partial charge in [-0.3, -0.25) is 14.9 Å². The van der Waals surface area contributed by atoms with Crippen molar-refractivity contribution in [3.63, 3.8) is 0 Å². The maximum absolute atomic E-state index is 11.9. The van der Waals surface area contributed by atoms with Crippen molar-refractivity contribution in [2.24, 2.45) is 0 Å². The topological polar surface area (TPSA) is 72.2 Å². The van der Waals surface area contributed by atoms with Crippen LogP contribution in [0, 0.1) is 10.1 Å². The van der Waals surface area contributed by atoms with Gasteiger partial charge in [0.15, 0.2) is 0 Å². The van der Waals surface area contributed by atoms with E-state index in [1.54, 1.807) is 47.4 Å². The van der Waals surface area contributed by atoms with Crippen LogP contribution in [0.5, 0.6) is 0 Å². The summed E-state index contributed by atoms with van der Waals surface area (Å²) in [7, 11) is 0. The van der Waals surface area contributed by atoms with E-state index in [2.05, 4.69) is 5.32 Å². The van der Waals surface area contributed by atoms with Crippen molar-refractivity contribution in [3.05, 3.63) is 34.4 Å². The summed E-state index contributed by atoms with van der Waals surface area (Å²) in [5.41, 5.74) is 0.607. The maximum atomic E-state index is 11.9. The van der Waals surface area contributed by atoms with Crippen LogP contribution >= 0.6 is 35.3 Å². The summed E-state index contributed by atoms with van der Waals surface area (Å²) in [6.07, 6.45) is 0. The van der Waals surface area contributed by atoms with Gasteiger partial charge in [0.05, 0.1) is 4.92 Å². The number of nitrogens with zero attached hydrogens (tertiary/aromatic N) is 1. The molecule has 1 fully saturated rings. The van der Waals surface area contributed by atoms with Crippen molar-refractivity contribution in [3.8, 4) is 0 Å². The van der Waals surface area contributed by atoms with Gasteiger partial charge in [-0.2, -0.15) is 0 Å². The van der Waals surface area contributed by atoms with E-state index >= 15 is 0 Å². The number of non-ortho nitro benzene ring substituents is 1. The standard InChI is InChI=1S/C10H10N2O3S3/c13-9(10-17-5-16-6-18-10)11-7-1-3-8(4-2-7)12(14)15/h1-4,10H,5-6H2,(H,11,13). The van der Waals surface area contributed by atoms with Gasteiger partial charge in [-0.1, -0.05) is 0 Å². The van der Waals surface area contributed by atoms with Gasteiger partial charge in [0, 0.05) is 28.0 Å².